The van der Waals surface area contributed by atoms with Crippen LogP contribution < -0.4 is 11.1 Å². The third kappa shape index (κ3) is 2.65. The van der Waals surface area contributed by atoms with Crippen molar-refractivity contribution in [2.75, 3.05) is 11.1 Å². The van der Waals surface area contributed by atoms with Crippen LogP contribution in [0.15, 0.2) is 24.3 Å². The van der Waals surface area contributed by atoms with Crippen LogP contribution >= 0.6 is 11.6 Å². The number of nitrogen functional groups attached to an aromatic ring is 1. The lowest BCUT2D eigenvalue weighted by atomic mass is 10.2. The molecule has 0 amide bonds. The van der Waals surface area contributed by atoms with Crippen LogP contribution in [0.4, 0.5) is 17.5 Å². The minimum absolute atomic E-state index is 0.247. The molecule has 3 N–H and O–H groups in total. The smallest absolute Gasteiger partial charge is 0.222 e. The van der Waals surface area contributed by atoms with Gasteiger partial charge in [-0.15, -0.1) is 0 Å². The minimum atomic E-state index is 0.247. The van der Waals surface area contributed by atoms with Crippen molar-refractivity contribution in [1.82, 2.24) is 9.97 Å². The van der Waals surface area contributed by atoms with E-state index in [9.17, 15) is 0 Å². The standard InChI is InChI=1S/C12H13ClN4/c1-7-4-3-5-9(13)11(7)16-10-6-8(2)15-12(14)17-10/h3-6H,1-2H3,(H3,14,15,16,17). The lowest BCUT2D eigenvalue weighted by Crippen LogP contribution is -2.02. The fourth-order valence-electron chi connectivity index (χ4n) is 1.57. The van der Waals surface area contributed by atoms with Crippen LogP contribution in [-0.2, 0) is 0 Å². The van der Waals surface area contributed by atoms with Crippen molar-refractivity contribution in [3.63, 3.8) is 0 Å². The summed E-state index contributed by atoms with van der Waals surface area (Å²) in [7, 11) is 0. The van der Waals surface area contributed by atoms with Crippen LogP contribution in [0.2, 0.25) is 5.02 Å². The van der Waals surface area contributed by atoms with Gasteiger partial charge in [0, 0.05) is 11.8 Å². The molecular weight excluding hydrogens is 236 g/mol. The van der Waals surface area contributed by atoms with Crippen molar-refractivity contribution >= 4 is 29.1 Å². The van der Waals surface area contributed by atoms with E-state index < -0.39 is 0 Å². The highest BCUT2D eigenvalue weighted by atomic mass is 35.5. The molecule has 0 saturated heterocycles. The highest BCUT2D eigenvalue weighted by Gasteiger charge is 2.05. The summed E-state index contributed by atoms with van der Waals surface area (Å²) in [4.78, 5) is 8.12. The van der Waals surface area contributed by atoms with Gasteiger partial charge in [0.25, 0.3) is 0 Å². The summed E-state index contributed by atoms with van der Waals surface area (Å²) >= 11 is 6.12. The number of halogens is 1. The maximum atomic E-state index is 6.12. The van der Waals surface area contributed by atoms with Crippen molar-refractivity contribution in [2.45, 2.75) is 13.8 Å². The highest BCUT2D eigenvalue weighted by molar-refractivity contribution is 6.33. The van der Waals surface area contributed by atoms with E-state index in [0.29, 0.717) is 10.8 Å². The minimum Gasteiger partial charge on any atom is -0.368 e. The Morgan fingerprint density at radius 2 is 2.00 bits per heavy atom. The Hall–Kier alpha value is -1.81. The van der Waals surface area contributed by atoms with Gasteiger partial charge in [-0.05, 0) is 25.5 Å². The average molecular weight is 249 g/mol. The second kappa shape index (κ2) is 4.59. The highest BCUT2D eigenvalue weighted by Crippen LogP contribution is 2.28. The van der Waals surface area contributed by atoms with Crippen molar-refractivity contribution in [1.29, 1.82) is 0 Å². The molecule has 0 radical (unpaired) electrons. The van der Waals surface area contributed by atoms with Gasteiger partial charge in [-0.25, -0.2) is 4.98 Å². The third-order valence-electron chi connectivity index (χ3n) is 2.35. The number of aryl methyl sites for hydroxylation is 2. The first-order valence-corrected chi connectivity index (χ1v) is 5.57. The molecule has 1 heterocycles. The molecule has 0 spiro atoms. The number of nitrogens with zero attached hydrogens (tertiary/aromatic N) is 2. The summed E-state index contributed by atoms with van der Waals surface area (Å²) in [6, 6.07) is 7.53. The molecule has 0 saturated carbocycles. The maximum absolute atomic E-state index is 6.12. The molecule has 4 nitrogen and oxygen atoms in total. The van der Waals surface area contributed by atoms with Crippen LogP contribution in [0.25, 0.3) is 0 Å². The molecule has 0 unspecified atom stereocenters. The number of aromatic nitrogens is 2. The molecule has 0 bridgehead atoms. The summed E-state index contributed by atoms with van der Waals surface area (Å²) in [5.41, 5.74) is 8.29. The Kier molecular flexibility index (Phi) is 3.15. The monoisotopic (exact) mass is 248 g/mol. The Labute approximate surface area is 105 Å². The molecule has 2 aromatic rings. The zero-order valence-electron chi connectivity index (χ0n) is 9.66. The second-order valence-corrected chi connectivity index (χ2v) is 4.22. The van der Waals surface area contributed by atoms with E-state index in [2.05, 4.69) is 15.3 Å². The molecule has 0 fully saturated rings. The van der Waals surface area contributed by atoms with E-state index in [4.69, 9.17) is 17.3 Å². The van der Waals surface area contributed by atoms with Gasteiger partial charge in [-0.3, -0.25) is 0 Å². The van der Waals surface area contributed by atoms with E-state index >= 15 is 0 Å². The van der Waals surface area contributed by atoms with Crippen LogP contribution in [-0.4, -0.2) is 9.97 Å². The summed E-state index contributed by atoms with van der Waals surface area (Å²) < 4.78 is 0. The van der Waals surface area contributed by atoms with Crippen molar-refractivity contribution in [3.05, 3.63) is 40.5 Å². The molecule has 1 aromatic carbocycles. The van der Waals surface area contributed by atoms with Gasteiger partial charge < -0.3 is 11.1 Å². The Morgan fingerprint density at radius 1 is 1.24 bits per heavy atom. The lowest BCUT2D eigenvalue weighted by Gasteiger charge is -2.11. The van der Waals surface area contributed by atoms with Gasteiger partial charge in [0.1, 0.15) is 5.82 Å². The third-order valence-corrected chi connectivity index (χ3v) is 2.66. The van der Waals surface area contributed by atoms with E-state index in [0.717, 1.165) is 16.9 Å². The number of rotatable bonds is 2. The number of anilines is 3. The van der Waals surface area contributed by atoms with Gasteiger partial charge in [-0.1, -0.05) is 23.7 Å². The Bertz CT molecular complexity index is 514. The van der Waals surface area contributed by atoms with Crippen molar-refractivity contribution in [3.8, 4) is 0 Å². The number of nitrogens with one attached hydrogen (secondary N) is 1. The van der Waals surface area contributed by atoms with Crippen molar-refractivity contribution < 1.29 is 0 Å². The molecule has 0 aliphatic rings. The fourth-order valence-corrected chi connectivity index (χ4v) is 1.84. The molecule has 0 aliphatic carbocycles. The van der Waals surface area contributed by atoms with E-state index in [1.807, 2.05) is 38.1 Å². The summed E-state index contributed by atoms with van der Waals surface area (Å²) in [6.07, 6.45) is 0. The summed E-state index contributed by atoms with van der Waals surface area (Å²) in [5.74, 6) is 0.892. The number of hydrogen-bond donors (Lipinski definition) is 2. The summed E-state index contributed by atoms with van der Waals surface area (Å²) in [5, 5.41) is 3.81. The molecule has 0 aliphatic heterocycles. The van der Waals surface area contributed by atoms with Gasteiger partial charge >= 0.3 is 0 Å². The van der Waals surface area contributed by atoms with Gasteiger partial charge in [0.2, 0.25) is 5.95 Å². The number of benzene rings is 1. The van der Waals surface area contributed by atoms with E-state index in [-0.39, 0.29) is 5.95 Å². The molecule has 5 heteroatoms. The zero-order chi connectivity index (χ0) is 12.4. The van der Waals surface area contributed by atoms with Gasteiger partial charge in [-0.2, -0.15) is 4.98 Å². The predicted molar refractivity (Wildman–Crippen MR) is 70.7 cm³/mol. The predicted octanol–water partition coefficient (Wildman–Crippen LogP) is 3.07. The molecular formula is C12H13ClN4. The maximum Gasteiger partial charge on any atom is 0.222 e. The van der Waals surface area contributed by atoms with E-state index in [1.54, 1.807) is 0 Å². The first-order valence-electron chi connectivity index (χ1n) is 5.19. The molecule has 1 aromatic heterocycles. The average Bonchev–Trinajstić information content (AvgIpc) is 2.22. The zero-order valence-corrected chi connectivity index (χ0v) is 10.4. The number of hydrogen-bond acceptors (Lipinski definition) is 4. The molecule has 0 atom stereocenters. The number of para-hydroxylation sites is 1. The van der Waals surface area contributed by atoms with Crippen LogP contribution in [0.1, 0.15) is 11.3 Å². The van der Waals surface area contributed by atoms with Crippen LogP contribution in [0, 0.1) is 13.8 Å². The summed E-state index contributed by atoms with van der Waals surface area (Å²) in [6.45, 7) is 3.84. The van der Waals surface area contributed by atoms with Gasteiger partial charge in [0.15, 0.2) is 0 Å². The molecule has 88 valence electrons. The normalized spacial score (nSPS) is 10.3. The Morgan fingerprint density at radius 3 is 2.65 bits per heavy atom. The molecule has 17 heavy (non-hydrogen) atoms. The lowest BCUT2D eigenvalue weighted by molar-refractivity contribution is 1.12. The second-order valence-electron chi connectivity index (χ2n) is 3.81. The quantitative estimate of drug-likeness (QED) is 0.857. The van der Waals surface area contributed by atoms with E-state index in [1.165, 1.54) is 0 Å². The van der Waals surface area contributed by atoms with Crippen LogP contribution in [0.3, 0.4) is 0 Å². The SMILES string of the molecule is Cc1cc(Nc2c(C)cccc2Cl)nc(N)n1. The topological polar surface area (TPSA) is 63.8 Å². The first-order chi connectivity index (χ1) is 8.06. The largest absolute Gasteiger partial charge is 0.368 e. The van der Waals surface area contributed by atoms with Crippen LogP contribution in [0.5, 0.6) is 0 Å². The van der Waals surface area contributed by atoms with Crippen molar-refractivity contribution in [2.24, 2.45) is 0 Å². The fraction of sp³-hybridized carbons (Fsp3) is 0.167. The number of nitrogens with two attached hydrogens (primary N) is 1. The first kappa shape index (κ1) is 11.7. The molecule has 2 rings (SSSR count). The Balaban J connectivity index is 2.38. The van der Waals surface area contributed by atoms with Gasteiger partial charge in [0.05, 0.1) is 10.7 Å².